The maximum atomic E-state index is 12.2. The van der Waals surface area contributed by atoms with Crippen molar-refractivity contribution in [1.29, 1.82) is 0 Å². The standard InChI is InChI=1S/C17H25N3O/c1-12-4-5-16(13(2)6-12)18-17(21)11-20-9-14-7-19(3)8-15(14)10-20/h4-6,14-15H,7-11H2,1-3H3,(H,18,21). The van der Waals surface area contributed by atoms with E-state index < -0.39 is 0 Å². The van der Waals surface area contributed by atoms with Crippen LogP contribution in [0.25, 0.3) is 0 Å². The number of amides is 1. The maximum absolute atomic E-state index is 12.2. The lowest BCUT2D eigenvalue weighted by Crippen LogP contribution is -2.34. The van der Waals surface area contributed by atoms with Crippen molar-refractivity contribution in [2.75, 3.05) is 45.1 Å². The zero-order valence-corrected chi connectivity index (χ0v) is 13.2. The number of rotatable bonds is 3. The molecule has 21 heavy (non-hydrogen) atoms. The van der Waals surface area contributed by atoms with Gasteiger partial charge in [-0.3, -0.25) is 9.69 Å². The van der Waals surface area contributed by atoms with Gasteiger partial charge < -0.3 is 10.2 Å². The van der Waals surface area contributed by atoms with Crippen LogP contribution in [0.4, 0.5) is 5.69 Å². The van der Waals surface area contributed by atoms with E-state index in [1.54, 1.807) is 0 Å². The Morgan fingerprint density at radius 2 is 1.86 bits per heavy atom. The molecule has 4 heteroatoms. The lowest BCUT2D eigenvalue weighted by molar-refractivity contribution is -0.117. The number of aryl methyl sites for hydroxylation is 2. The van der Waals surface area contributed by atoms with Gasteiger partial charge in [-0.1, -0.05) is 17.7 Å². The summed E-state index contributed by atoms with van der Waals surface area (Å²) >= 11 is 0. The summed E-state index contributed by atoms with van der Waals surface area (Å²) in [6, 6.07) is 6.14. The number of carbonyl (C=O) groups is 1. The molecule has 0 bridgehead atoms. The third-order valence-corrected chi connectivity index (χ3v) is 4.77. The molecule has 1 amide bonds. The first kappa shape index (κ1) is 14.5. The fourth-order valence-corrected chi connectivity index (χ4v) is 3.80. The van der Waals surface area contributed by atoms with Crippen molar-refractivity contribution >= 4 is 11.6 Å². The molecule has 1 aromatic rings. The van der Waals surface area contributed by atoms with Crippen LogP contribution in [0.15, 0.2) is 18.2 Å². The molecule has 1 N–H and O–H groups in total. The molecule has 114 valence electrons. The highest BCUT2D eigenvalue weighted by Gasteiger charge is 2.38. The van der Waals surface area contributed by atoms with Crippen LogP contribution in [0.2, 0.25) is 0 Å². The molecule has 2 heterocycles. The molecule has 0 spiro atoms. The average molecular weight is 287 g/mol. The van der Waals surface area contributed by atoms with Crippen molar-refractivity contribution in [3.05, 3.63) is 29.3 Å². The summed E-state index contributed by atoms with van der Waals surface area (Å²) in [5, 5.41) is 3.05. The van der Waals surface area contributed by atoms with Crippen LogP contribution < -0.4 is 5.32 Å². The van der Waals surface area contributed by atoms with Crippen molar-refractivity contribution in [3.63, 3.8) is 0 Å². The summed E-state index contributed by atoms with van der Waals surface area (Å²) < 4.78 is 0. The first-order chi connectivity index (χ1) is 10.0. The minimum Gasteiger partial charge on any atom is -0.325 e. The highest BCUT2D eigenvalue weighted by molar-refractivity contribution is 5.93. The Labute approximate surface area is 127 Å². The second-order valence-corrected chi connectivity index (χ2v) is 6.80. The van der Waals surface area contributed by atoms with Gasteiger partial charge >= 0.3 is 0 Å². The van der Waals surface area contributed by atoms with E-state index in [0.717, 1.165) is 36.2 Å². The fourth-order valence-electron chi connectivity index (χ4n) is 3.80. The van der Waals surface area contributed by atoms with Crippen LogP contribution in [0.3, 0.4) is 0 Å². The Morgan fingerprint density at radius 1 is 1.19 bits per heavy atom. The zero-order chi connectivity index (χ0) is 15.0. The summed E-state index contributed by atoms with van der Waals surface area (Å²) in [6.45, 7) is 9.12. The summed E-state index contributed by atoms with van der Waals surface area (Å²) in [4.78, 5) is 16.9. The Morgan fingerprint density at radius 3 is 2.48 bits per heavy atom. The van der Waals surface area contributed by atoms with Gasteiger partial charge in [0.2, 0.25) is 5.91 Å². The zero-order valence-electron chi connectivity index (χ0n) is 13.2. The van der Waals surface area contributed by atoms with Gasteiger partial charge in [-0.2, -0.15) is 0 Å². The molecule has 0 aliphatic carbocycles. The number of carbonyl (C=O) groups excluding carboxylic acids is 1. The molecule has 2 saturated heterocycles. The van der Waals surface area contributed by atoms with E-state index >= 15 is 0 Å². The van der Waals surface area contributed by atoms with E-state index in [2.05, 4.69) is 35.2 Å². The van der Waals surface area contributed by atoms with Gasteiger partial charge in [0, 0.05) is 31.9 Å². The van der Waals surface area contributed by atoms with Crippen molar-refractivity contribution < 1.29 is 4.79 Å². The van der Waals surface area contributed by atoms with Crippen LogP contribution >= 0.6 is 0 Å². The van der Waals surface area contributed by atoms with Gasteiger partial charge in [-0.05, 0) is 44.4 Å². The van der Waals surface area contributed by atoms with E-state index in [4.69, 9.17) is 0 Å². The summed E-state index contributed by atoms with van der Waals surface area (Å²) in [5.41, 5.74) is 3.29. The number of likely N-dealkylation sites (tertiary alicyclic amines) is 2. The molecule has 0 radical (unpaired) electrons. The second kappa shape index (κ2) is 5.78. The summed E-state index contributed by atoms with van der Waals surface area (Å²) in [5.74, 6) is 1.61. The first-order valence-electron chi connectivity index (χ1n) is 7.79. The van der Waals surface area contributed by atoms with E-state index in [1.807, 2.05) is 19.1 Å². The van der Waals surface area contributed by atoms with Crippen molar-refractivity contribution in [2.45, 2.75) is 13.8 Å². The predicted octanol–water partition coefficient (Wildman–Crippen LogP) is 1.74. The average Bonchev–Trinajstić information content (AvgIpc) is 2.89. The number of benzene rings is 1. The molecule has 2 aliphatic rings. The first-order valence-corrected chi connectivity index (χ1v) is 7.79. The van der Waals surface area contributed by atoms with Crippen LogP contribution in [0.1, 0.15) is 11.1 Å². The van der Waals surface area contributed by atoms with Gasteiger partial charge in [0.25, 0.3) is 0 Å². The number of nitrogens with zero attached hydrogens (tertiary/aromatic N) is 2. The third-order valence-electron chi connectivity index (χ3n) is 4.77. The largest absolute Gasteiger partial charge is 0.325 e. The van der Waals surface area contributed by atoms with Gasteiger partial charge in [0.15, 0.2) is 0 Å². The van der Waals surface area contributed by atoms with E-state index in [1.165, 1.54) is 18.7 Å². The third kappa shape index (κ3) is 3.27. The Balaban J connectivity index is 1.53. The van der Waals surface area contributed by atoms with Gasteiger partial charge in [-0.15, -0.1) is 0 Å². The number of nitrogens with one attached hydrogen (secondary N) is 1. The number of fused-ring (bicyclic) bond motifs is 1. The molecule has 2 atom stereocenters. The molecule has 2 aliphatic heterocycles. The summed E-state index contributed by atoms with van der Waals surface area (Å²) in [6.07, 6.45) is 0. The SMILES string of the molecule is Cc1ccc(NC(=O)CN2CC3CN(C)CC3C2)c(C)c1. The molecule has 2 fully saturated rings. The molecule has 4 nitrogen and oxygen atoms in total. The monoisotopic (exact) mass is 287 g/mol. The molecule has 1 aromatic carbocycles. The molecule has 3 rings (SSSR count). The smallest absolute Gasteiger partial charge is 0.238 e. The number of hydrogen-bond acceptors (Lipinski definition) is 3. The van der Waals surface area contributed by atoms with E-state index in [-0.39, 0.29) is 5.91 Å². The van der Waals surface area contributed by atoms with Gasteiger partial charge in [0.1, 0.15) is 0 Å². The van der Waals surface area contributed by atoms with Crippen LogP contribution in [-0.2, 0) is 4.79 Å². The Kier molecular flexibility index (Phi) is 4.00. The highest BCUT2D eigenvalue weighted by atomic mass is 16.2. The van der Waals surface area contributed by atoms with Gasteiger partial charge in [-0.25, -0.2) is 0 Å². The lowest BCUT2D eigenvalue weighted by Gasteiger charge is -2.18. The molecular formula is C17H25N3O. The fraction of sp³-hybridized carbons (Fsp3) is 0.588. The topological polar surface area (TPSA) is 35.6 Å². The predicted molar refractivity (Wildman–Crippen MR) is 85.5 cm³/mol. The van der Waals surface area contributed by atoms with Crippen molar-refractivity contribution in [3.8, 4) is 0 Å². The Hall–Kier alpha value is -1.39. The molecule has 0 aromatic heterocycles. The van der Waals surface area contributed by atoms with Crippen molar-refractivity contribution in [2.24, 2.45) is 11.8 Å². The highest BCUT2D eigenvalue weighted by Crippen LogP contribution is 2.29. The quantitative estimate of drug-likeness (QED) is 0.920. The summed E-state index contributed by atoms with van der Waals surface area (Å²) in [7, 11) is 2.19. The molecule has 0 saturated carbocycles. The number of hydrogen-bond donors (Lipinski definition) is 1. The van der Waals surface area contributed by atoms with E-state index in [9.17, 15) is 4.79 Å². The normalized spacial score (nSPS) is 26.0. The van der Waals surface area contributed by atoms with Crippen LogP contribution in [-0.4, -0.2) is 55.5 Å². The molecule has 2 unspecified atom stereocenters. The van der Waals surface area contributed by atoms with Crippen LogP contribution in [0, 0.1) is 25.7 Å². The second-order valence-electron chi connectivity index (χ2n) is 6.80. The number of anilines is 1. The lowest BCUT2D eigenvalue weighted by atomic mass is 10.0. The van der Waals surface area contributed by atoms with Crippen molar-refractivity contribution in [1.82, 2.24) is 9.80 Å². The van der Waals surface area contributed by atoms with Gasteiger partial charge in [0.05, 0.1) is 6.54 Å². The Bertz CT molecular complexity index is 529. The maximum Gasteiger partial charge on any atom is 0.238 e. The van der Waals surface area contributed by atoms with Crippen LogP contribution in [0.5, 0.6) is 0 Å². The van der Waals surface area contributed by atoms with E-state index in [0.29, 0.717) is 6.54 Å². The minimum atomic E-state index is 0.107. The molecular weight excluding hydrogens is 262 g/mol. The minimum absolute atomic E-state index is 0.107.